The molecule has 1 aliphatic carbocycles. The zero-order valence-corrected chi connectivity index (χ0v) is 18.6. The van der Waals surface area contributed by atoms with Crippen LogP contribution in [-0.2, 0) is 4.79 Å². The first-order chi connectivity index (χ1) is 14.4. The van der Waals surface area contributed by atoms with Gasteiger partial charge in [-0.05, 0) is 57.2 Å². The average Bonchev–Trinajstić information content (AvgIpc) is 2.75. The maximum Gasteiger partial charge on any atom is 0.224 e. The highest BCUT2D eigenvalue weighted by molar-refractivity contribution is 5.79. The lowest BCUT2D eigenvalue weighted by Gasteiger charge is -2.29. The van der Waals surface area contributed by atoms with Gasteiger partial charge < -0.3 is 20.3 Å². The Hall–Kier alpha value is -2.83. The fourth-order valence-corrected chi connectivity index (χ4v) is 3.96. The van der Waals surface area contributed by atoms with Gasteiger partial charge in [-0.2, -0.15) is 4.98 Å². The summed E-state index contributed by atoms with van der Waals surface area (Å²) in [5.74, 6) is 2.56. The molecule has 30 heavy (non-hydrogen) atoms. The fourth-order valence-electron chi connectivity index (χ4n) is 3.96. The number of nitrogens with one attached hydrogen (secondary N) is 2. The van der Waals surface area contributed by atoms with Gasteiger partial charge in [0.1, 0.15) is 11.6 Å². The molecule has 7 nitrogen and oxygen atoms in total. The van der Waals surface area contributed by atoms with Crippen LogP contribution in [0.4, 0.5) is 11.8 Å². The van der Waals surface area contributed by atoms with Crippen LogP contribution in [0.3, 0.4) is 0 Å². The molecule has 0 saturated heterocycles. The monoisotopic (exact) mass is 411 g/mol. The third-order valence-electron chi connectivity index (χ3n) is 5.75. The van der Waals surface area contributed by atoms with E-state index in [0.717, 1.165) is 48.4 Å². The highest BCUT2D eigenvalue weighted by atomic mass is 16.5. The Balaban J connectivity index is 1.51. The molecule has 1 saturated carbocycles. The Morgan fingerprint density at radius 1 is 1.23 bits per heavy atom. The molecule has 0 radical (unpaired) electrons. The normalized spacial score (nSPS) is 19.6. The van der Waals surface area contributed by atoms with Gasteiger partial charge in [-0.3, -0.25) is 4.79 Å². The van der Waals surface area contributed by atoms with Gasteiger partial charge in [0.2, 0.25) is 11.9 Å². The number of ether oxygens (including phenoxy) is 1. The third kappa shape index (κ3) is 5.40. The summed E-state index contributed by atoms with van der Waals surface area (Å²) in [6.07, 6.45) is 5.44. The second-order valence-corrected chi connectivity index (χ2v) is 8.29. The lowest BCUT2D eigenvalue weighted by atomic mass is 9.85. The lowest BCUT2D eigenvalue weighted by Crippen LogP contribution is -2.37. The van der Waals surface area contributed by atoms with Crippen molar-refractivity contribution in [1.82, 2.24) is 15.3 Å². The molecule has 0 spiro atoms. The van der Waals surface area contributed by atoms with E-state index in [-0.39, 0.29) is 17.9 Å². The van der Waals surface area contributed by atoms with Crippen molar-refractivity contribution in [1.29, 1.82) is 0 Å². The first kappa shape index (κ1) is 21.9. The number of benzene rings is 1. The fraction of sp³-hybridized carbons (Fsp3) is 0.522. The zero-order valence-electron chi connectivity index (χ0n) is 18.6. The van der Waals surface area contributed by atoms with E-state index in [0.29, 0.717) is 12.0 Å². The first-order valence-corrected chi connectivity index (χ1v) is 10.6. The van der Waals surface area contributed by atoms with Crippen molar-refractivity contribution in [3.8, 4) is 5.75 Å². The molecule has 1 aromatic heterocycles. The number of amides is 1. The molecule has 0 aliphatic heterocycles. The molecule has 1 aromatic carbocycles. The maximum atomic E-state index is 12.8. The summed E-state index contributed by atoms with van der Waals surface area (Å²) in [5.41, 5.74) is 2.10. The number of rotatable bonds is 7. The van der Waals surface area contributed by atoms with Crippen LogP contribution in [0.5, 0.6) is 5.75 Å². The molecule has 3 rings (SSSR count). The predicted octanol–water partition coefficient (Wildman–Crippen LogP) is 3.71. The van der Waals surface area contributed by atoms with Crippen LogP contribution in [0, 0.1) is 12.8 Å². The minimum Gasteiger partial charge on any atom is -0.497 e. The summed E-state index contributed by atoms with van der Waals surface area (Å²) in [6, 6.07) is 8.08. The number of aryl methyl sites for hydroxylation is 1. The molecular weight excluding hydrogens is 378 g/mol. The molecule has 1 fully saturated rings. The van der Waals surface area contributed by atoms with Crippen LogP contribution in [0.1, 0.15) is 49.8 Å². The standard InChI is InChI=1S/C23H33N5O2/c1-15-14-24-23(27-21(15)28(3)4)26-19-11-9-17(10-12-19)22(29)25-16(2)18-7-6-8-20(13-18)30-5/h6-8,13-14,16-17,19H,9-12H2,1-5H3,(H,25,29)(H,24,26,27)/t16?,17-,19+. The van der Waals surface area contributed by atoms with Crippen molar-refractivity contribution >= 4 is 17.7 Å². The Morgan fingerprint density at radius 3 is 2.63 bits per heavy atom. The summed E-state index contributed by atoms with van der Waals surface area (Å²) in [6.45, 7) is 4.02. The van der Waals surface area contributed by atoms with Crippen LogP contribution in [-0.4, -0.2) is 43.1 Å². The van der Waals surface area contributed by atoms with E-state index in [9.17, 15) is 4.79 Å². The number of carbonyl (C=O) groups excluding carboxylic acids is 1. The lowest BCUT2D eigenvalue weighted by molar-refractivity contribution is -0.126. The molecule has 2 aromatic rings. The number of anilines is 2. The van der Waals surface area contributed by atoms with Crippen LogP contribution < -0.4 is 20.3 Å². The topological polar surface area (TPSA) is 79.4 Å². The molecular formula is C23H33N5O2. The van der Waals surface area contributed by atoms with Crippen LogP contribution in [0.25, 0.3) is 0 Å². The van der Waals surface area contributed by atoms with Crippen molar-refractivity contribution in [3.05, 3.63) is 41.6 Å². The molecule has 1 unspecified atom stereocenters. The number of nitrogens with zero attached hydrogens (tertiary/aromatic N) is 3. The largest absolute Gasteiger partial charge is 0.497 e. The number of methoxy groups -OCH3 is 1. The van der Waals surface area contributed by atoms with Gasteiger partial charge >= 0.3 is 0 Å². The van der Waals surface area contributed by atoms with Crippen LogP contribution in [0.2, 0.25) is 0 Å². The number of hydrogen-bond donors (Lipinski definition) is 2. The highest BCUT2D eigenvalue weighted by Crippen LogP contribution is 2.28. The number of aromatic nitrogens is 2. The van der Waals surface area contributed by atoms with E-state index in [2.05, 4.69) is 20.6 Å². The van der Waals surface area contributed by atoms with Gasteiger partial charge in [-0.1, -0.05) is 12.1 Å². The Morgan fingerprint density at radius 2 is 1.97 bits per heavy atom. The summed E-state index contributed by atoms with van der Waals surface area (Å²) in [5, 5.41) is 6.61. The van der Waals surface area contributed by atoms with E-state index in [1.54, 1.807) is 7.11 Å². The maximum absolute atomic E-state index is 12.8. The van der Waals surface area contributed by atoms with E-state index in [1.807, 2.05) is 63.3 Å². The predicted molar refractivity (Wildman–Crippen MR) is 120 cm³/mol. The summed E-state index contributed by atoms with van der Waals surface area (Å²) >= 11 is 0. The Bertz CT molecular complexity index is 862. The molecule has 2 N–H and O–H groups in total. The molecule has 1 aliphatic rings. The Labute approximate surface area is 179 Å². The SMILES string of the molecule is COc1cccc(C(C)NC(=O)[C@H]2CC[C@@H](Nc3ncc(C)c(N(C)C)n3)CC2)c1. The molecule has 1 atom stereocenters. The van der Waals surface area contributed by atoms with E-state index >= 15 is 0 Å². The third-order valence-corrected chi connectivity index (χ3v) is 5.75. The smallest absolute Gasteiger partial charge is 0.224 e. The van der Waals surface area contributed by atoms with Crippen LogP contribution in [0.15, 0.2) is 30.5 Å². The van der Waals surface area contributed by atoms with Gasteiger partial charge in [0.05, 0.1) is 13.2 Å². The summed E-state index contributed by atoms with van der Waals surface area (Å²) < 4.78 is 5.28. The first-order valence-electron chi connectivity index (χ1n) is 10.6. The van der Waals surface area contributed by atoms with Crippen molar-refractivity contribution in [2.75, 3.05) is 31.4 Å². The van der Waals surface area contributed by atoms with Gasteiger partial charge in [0, 0.05) is 37.8 Å². The second kappa shape index (κ2) is 9.78. The van der Waals surface area contributed by atoms with E-state index < -0.39 is 0 Å². The van der Waals surface area contributed by atoms with E-state index in [4.69, 9.17) is 4.74 Å². The minimum absolute atomic E-state index is 0.0474. The van der Waals surface area contributed by atoms with Crippen molar-refractivity contribution in [2.24, 2.45) is 5.92 Å². The van der Waals surface area contributed by atoms with Gasteiger partial charge in [-0.25, -0.2) is 4.98 Å². The highest BCUT2D eigenvalue weighted by Gasteiger charge is 2.27. The molecule has 7 heteroatoms. The Kier molecular flexibility index (Phi) is 7.13. The molecule has 1 heterocycles. The average molecular weight is 412 g/mol. The number of carbonyl (C=O) groups is 1. The summed E-state index contributed by atoms with van der Waals surface area (Å²) in [4.78, 5) is 23.8. The number of hydrogen-bond acceptors (Lipinski definition) is 6. The quantitative estimate of drug-likeness (QED) is 0.723. The van der Waals surface area contributed by atoms with Crippen LogP contribution >= 0.6 is 0 Å². The molecule has 162 valence electrons. The van der Waals surface area contributed by atoms with Crippen molar-refractivity contribution < 1.29 is 9.53 Å². The van der Waals surface area contributed by atoms with E-state index in [1.165, 1.54) is 0 Å². The van der Waals surface area contributed by atoms with Gasteiger partial charge in [0.25, 0.3) is 0 Å². The van der Waals surface area contributed by atoms with Gasteiger partial charge in [0.15, 0.2) is 0 Å². The van der Waals surface area contributed by atoms with Crippen molar-refractivity contribution in [2.45, 2.75) is 51.6 Å². The van der Waals surface area contributed by atoms with Gasteiger partial charge in [-0.15, -0.1) is 0 Å². The minimum atomic E-state index is -0.0474. The second-order valence-electron chi connectivity index (χ2n) is 8.29. The van der Waals surface area contributed by atoms with Crippen molar-refractivity contribution in [3.63, 3.8) is 0 Å². The summed E-state index contributed by atoms with van der Waals surface area (Å²) in [7, 11) is 5.61. The molecule has 0 bridgehead atoms. The zero-order chi connectivity index (χ0) is 21.7. The molecule has 1 amide bonds.